The molecule has 0 spiro atoms. The number of nitrogens with zero attached hydrogens (tertiary/aromatic N) is 3. The molecular weight excluding hydrogens is 286 g/mol. The van der Waals surface area contributed by atoms with Crippen LogP contribution < -0.4 is 4.90 Å². The summed E-state index contributed by atoms with van der Waals surface area (Å²) in [7, 11) is 0. The molecular formula is C15H23N3O2S. The van der Waals surface area contributed by atoms with Gasteiger partial charge in [-0.05, 0) is 31.6 Å². The molecule has 1 aliphatic heterocycles. The number of carbonyl (C=O) groups is 1. The molecule has 3 atom stereocenters. The highest BCUT2D eigenvalue weighted by molar-refractivity contribution is 7.09. The minimum atomic E-state index is -0.722. The van der Waals surface area contributed by atoms with E-state index < -0.39 is 12.0 Å². The van der Waals surface area contributed by atoms with Crippen LogP contribution in [0.5, 0.6) is 0 Å². The van der Waals surface area contributed by atoms with Gasteiger partial charge in [0.1, 0.15) is 11.9 Å². The van der Waals surface area contributed by atoms with Gasteiger partial charge in [-0.2, -0.15) is 4.37 Å². The number of rotatable bonds is 3. The lowest BCUT2D eigenvalue weighted by molar-refractivity contribution is -0.139. The monoisotopic (exact) mass is 309 g/mol. The third kappa shape index (κ3) is 2.78. The van der Waals surface area contributed by atoms with Gasteiger partial charge in [-0.3, -0.25) is 0 Å². The van der Waals surface area contributed by atoms with Crippen molar-refractivity contribution < 1.29 is 9.90 Å². The van der Waals surface area contributed by atoms with Gasteiger partial charge in [0, 0.05) is 23.5 Å². The molecule has 3 unspecified atom stereocenters. The quantitative estimate of drug-likeness (QED) is 0.928. The molecule has 0 amide bonds. The molecule has 1 N–H and O–H groups in total. The van der Waals surface area contributed by atoms with Crippen LogP contribution >= 0.6 is 11.5 Å². The van der Waals surface area contributed by atoms with Gasteiger partial charge in [-0.1, -0.05) is 26.7 Å². The second kappa shape index (κ2) is 5.91. The Bertz CT molecular complexity index is 517. The number of fused-ring (bicyclic) bond motifs is 1. The van der Waals surface area contributed by atoms with Gasteiger partial charge in [-0.15, -0.1) is 0 Å². The van der Waals surface area contributed by atoms with Crippen molar-refractivity contribution >= 4 is 22.6 Å². The molecule has 2 heterocycles. The zero-order chi connectivity index (χ0) is 15.0. The zero-order valence-corrected chi connectivity index (χ0v) is 13.5. The summed E-state index contributed by atoms with van der Waals surface area (Å²) in [5, 5.41) is 10.4. The summed E-state index contributed by atoms with van der Waals surface area (Å²) in [4.78, 5) is 18.4. The SMILES string of the molecule is CC(C)c1nsc(N2C(C(=O)O)CCC3CCCCC32)n1. The van der Waals surface area contributed by atoms with E-state index in [1.165, 1.54) is 30.8 Å². The first-order valence-electron chi connectivity index (χ1n) is 7.92. The van der Waals surface area contributed by atoms with Crippen LogP contribution in [-0.4, -0.2) is 32.5 Å². The molecule has 3 rings (SSSR count). The summed E-state index contributed by atoms with van der Waals surface area (Å²) in [6.07, 6.45) is 6.55. The van der Waals surface area contributed by atoms with Gasteiger partial charge in [0.15, 0.2) is 0 Å². The maximum absolute atomic E-state index is 11.7. The highest BCUT2D eigenvalue weighted by Crippen LogP contribution is 2.41. The Labute approximate surface area is 129 Å². The number of hydrogen-bond donors (Lipinski definition) is 1. The van der Waals surface area contributed by atoms with Crippen molar-refractivity contribution in [3.8, 4) is 0 Å². The predicted molar refractivity (Wildman–Crippen MR) is 82.9 cm³/mol. The molecule has 2 fully saturated rings. The Balaban J connectivity index is 1.93. The number of anilines is 1. The smallest absolute Gasteiger partial charge is 0.326 e. The summed E-state index contributed by atoms with van der Waals surface area (Å²) >= 11 is 1.36. The number of aliphatic carboxylic acids is 1. The Kier molecular flexibility index (Phi) is 4.15. The van der Waals surface area contributed by atoms with Crippen molar-refractivity contribution in [3.05, 3.63) is 5.82 Å². The lowest BCUT2D eigenvalue weighted by atomic mass is 9.76. The molecule has 0 bridgehead atoms. The van der Waals surface area contributed by atoms with Gasteiger partial charge >= 0.3 is 5.97 Å². The molecule has 0 aromatic carbocycles. The summed E-state index contributed by atoms with van der Waals surface area (Å²) in [6, 6.07) is -0.0983. The van der Waals surface area contributed by atoms with Gasteiger partial charge in [0.2, 0.25) is 5.13 Å². The highest BCUT2D eigenvalue weighted by atomic mass is 32.1. The van der Waals surface area contributed by atoms with E-state index in [1.54, 1.807) is 0 Å². The highest BCUT2D eigenvalue weighted by Gasteiger charge is 2.42. The molecule has 2 aliphatic rings. The van der Waals surface area contributed by atoms with Crippen LogP contribution in [0.4, 0.5) is 5.13 Å². The first-order valence-corrected chi connectivity index (χ1v) is 8.70. The first kappa shape index (κ1) is 14.8. The van der Waals surface area contributed by atoms with Crippen molar-refractivity contribution in [3.63, 3.8) is 0 Å². The molecule has 1 aromatic heterocycles. The molecule has 1 saturated carbocycles. The number of aromatic nitrogens is 2. The summed E-state index contributed by atoms with van der Waals surface area (Å²) in [6.45, 7) is 4.14. The number of piperidine rings is 1. The standard InChI is InChI=1S/C15H23N3O2S/c1-9(2)13-16-15(21-17-13)18-11-6-4-3-5-10(11)7-8-12(18)14(19)20/h9-12H,3-8H2,1-2H3,(H,19,20). The largest absolute Gasteiger partial charge is 0.480 e. The topological polar surface area (TPSA) is 66.3 Å². The van der Waals surface area contributed by atoms with Crippen molar-refractivity contribution in [1.82, 2.24) is 9.36 Å². The van der Waals surface area contributed by atoms with E-state index in [-0.39, 0.29) is 5.92 Å². The van der Waals surface area contributed by atoms with Crippen molar-refractivity contribution in [2.45, 2.75) is 70.4 Å². The lowest BCUT2D eigenvalue weighted by Gasteiger charge is -2.46. The van der Waals surface area contributed by atoms with Crippen LogP contribution in [-0.2, 0) is 4.79 Å². The lowest BCUT2D eigenvalue weighted by Crippen LogP contribution is -2.55. The summed E-state index contributed by atoms with van der Waals surface area (Å²) < 4.78 is 4.42. The average Bonchev–Trinajstić information content (AvgIpc) is 2.95. The average molecular weight is 309 g/mol. The van der Waals surface area contributed by atoms with E-state index >= 15 is 0 Å². The van der Waals surface area contributed by atoms with E-state index in [1.807, 2.05) is 0 Å². The third-order valence-electron chi connectivity index (χ3n) is 4.83. The minimum Gasteiger partial charge on any atom is -0.480 e. The summed E-state index contributed by atoms with van der Waals surface area (Å²) in [5.74, 6) is 1.02. The maximum atomic E-state index is 11.7. The normalized spacial score (nSPS) is 29.5. The molecule has 0 radical (unpaired) electrons. The number of carboxylic acid groups (broad SMARTS) is 1. The first-order chi connectivity index (χ1) is 10.1. The van der Waals surface area contributed by atoms with Gasteiger partial charge < -0.3 is 10.0 Å². The molecule has 1 aromatic rings. The van der Waals surface area contributed by atoms with Gasteiger partial charge in [0.05, 0.1) is 0 Å². The van der Waals surface area contributed by atoms with E-state index in [2.05, 4.69) is 28.1 Å². The van der Waals surface area contributed by atoms with Crippen LogP contribution in [0.2, 0.25) is 0 Å². The van der Waals surface area contributed by atoms with Crippen LogP contribution in [0.3, 0.4) is 0 Å². The predicted octanol–water partition coefficient (Wildman–Crippen LogP) is 3.27. The Morgan fingerprint density at radius 1 is 1.29 bits per heavy atom. The second-order valence-electron chi connectivity index (χ2n) is 6.54. The van der Waals surface area contributed by atoms with Gasteiger partial charge in [0.25, 0.3) is 0 Å². The molecule has 21 heavy (non-hydrogen) atoms. The fourth-order valence-electron chi connectivity index (χ4n) is 3.72. The van der Waals surface area contributed by atoms with Crippen LogP contribution in [0, 0.1) is 5.92 Å². The van der Waals surface area contributed by atoms with Crippen molar-refractivity contribution in [2.24, 2.45) is 5.92 Å². The molecule has 1 saturated heterocycles. The van der Waals surface area contributed by atoms with Crippen LogP contribution in [0.15, 0.2) is 0 Å². The number of hydrogen-bond acceptors (Lipinski definition) is 5. The molecule has 1 aliphatic carbocycles. The Morgan fingerprint density at radius 2 is 2.05 bits per heavy atom. The van der Waals surface area contributed by atoms with Crippen LogP contribution in [0.1, 0.15) is 64.1 Å². The summed E-state index contributed by atoms with van der Waals surface area (Å²) in [5.41, 5.74) is 0. The fourth-order valence-corrected chi connectivity index (χ4v) is 4.63. The fraction of sp³-hybridized carbons (Fsp3) is 0.800. The van der Waals surface area contributed by atoms with Gasteiger partial charge in [-0.25, -0.2) is 9.78 Å². The van der Waals surface area contributed by atoms with E-state index in [0.29, 0.717) is 12.0 Å². The Hall–Kier alpha value is -1.17. The molecule has 5 nitrogen and oxygen atoms in total. The van der Waals surface area contributed by atoms with Crippen molar-refractivity contribution in [2.75, 3.05) is 4.90 Å². The Morgan fingerprint density at radius 3 is 2.71 bits per heavy atom. The maximum Gasteiger partial charge on any atom is 0.326 e. The molecule has 6 heteroatoms. The second-order valence-corrected chi connectivity index (χ2v) is 7.27. The number of carboxylic acids is 1. The van der Waals surface area contributed by atoms with Crippen molar-refractivity contribution in [1.29, 1.82) is 0 Å². The van der Waals surface area contributed by atoms with E-state index in [0.717, 1.165) is 30.2 Å². The third-order valence-corrected chi connectivity index (χ3v) is 5.57. The van der Waals surface area contributed by atoms with E-state index in [9.17, 15) is 9.90 Å². The van der Waals surface area contributed by atoms with Crippen LogP contribution in [0.25, 0.3) is 0 Å². The van der Waals surface area contributed by atoms with E-state index in [4.69, 9.17) is 0 Å². The zero-order valence-electron chi connectivity index (χ0n) is 12.7. The minimum absolute atomic E-state index is 0.283. The molecule has 116 valence electrons.